The molecule has 2 aromatic rings. The molecule has 0 aliphatic carbocycles. The van der Waals surface area contributed by atoms with Crippen LogP contribution in [0.15, 0.2) is 48.7 Å². The van der Waals surface area contributed by atoms with Crippen LogP contribution in [0.25, 0.3) is 0 Å². The van der Waals surface area contributed by atoms with E-state index in [0.29, 0.717) is 18.7 Å². The van der Waals surface area contributed by atoms with E-state index in [0.717, 1.165) is 45.3 Å². The number of aromatic nitrogens is 2. The minimum atomic E-state index is -0.0556. The highest BCUT2D eigenvalue weighted by molar-refractivity contribution is 5.92. The van der Waals surface area contributed by atoms with Crippen LogP contribution >= 0.6 is 0 Å². The Morgan fingerprint density at radius 2 is 1.93 bits per heavy atom. The van der Waals surface area contributed by atoms with Gasteiger partial charge in [0.05, 0.1) is 0 Å². The van der Waals surface area contributed by atoms with Crippen LogP contribution in [0.2, 0.25) is 0 Å². The Kier molecular flexibility index (Phi) is 5.37. The van der Waals surface area contributed by atoms with Crippen molar-refractivity contribution >= 4 is 11.8 Å². The molecule has 4 rings (SSSR count). The first-order chi connectivity index (χ1) is 13.7. The Bertz CT molecular complexity index is 827. The lowest BCUT2D eigenvalue weighted by atomic mass is 9.73. The van der Waals surface area contributed by atoms with Gasteiger partial charge in [-0.05, 0) is 43.4 Å². The summed E-state index contributed by atoms with van der Waals surface area (Å²) in [5, 5.41) is 7.80. The van der Waals surface area contributed by atoms with Crippen molar-refractivity contribution in [3.8, 4) is 0 Å². The predicted molar refractivity (Wildman–Crippen MR) is 106 cm³/mol. The number of amides is 2. The van der Waals surface area contributed by atoms with Gasteiger partial charge in [0.15, 0.2) is 5.69 Å². The summed E-state index contributed by atoms with van der Waals surface area (Å²) in [4.78, 5) is 29.2. The lowest BCUT2D eigenvalue weighted by molar-refractivity contribution is -0.138. The molecule has 0 saturated carbocycles. The second-order valence-electron chi connectivity index (χ2n) is 7.99. The topological polar surface area (TPSA) is 66.4 Å². The van der Waals surface area contributed by atoms with Crippen molar-refractivity contribution in [2.24, 2.45) is 5.41 Å². The SMILES string of the molecule is O=C1CC[C@]2(CCCN(C(=O)c3cccnn3)C2)CN1CCc1ccccc1. The van der Waals surface area contributed by atoms with Crippen molar-refractivity contribution in [1.29, 1.82) is 0 Å². The number of rotatable bonds is 4. The molecule has 146 valence electrons. The zero-order valence-corrected chi connectivity index (χ0v) is 16.1. The summed E-state index contributed by atoms with van der Waals surface area (Å²) in [6.07, 6.45) is 5.90. The third kappa shape index (κ3) is 4.06. The highest BCUT2D eigenvalue weighted by atomic mass is 16.2. The lowest BCUT2D eigenvalue weighted by Crippen LogP contribution is -2.55. The van der Waals surface area contributed by atoms with Gasteiger partial charge in [0.25, 0.3) is 5.91 Å². The highest BCUT2D eigenvalue weighted by Crippen LogP contribution is 2.39. The molecule has 1 spiro atoms. The second-order valence-corrected chi connectivity index (χ2v) is 7.99. The van der Waals surface area contributed by atoms with E-state index >= 15 is 0 Å². The molecular weight excluding hydrogens is 352 g/mol. The standard InChI is InChI=1S/C22H26N4O2/c27-20-9-12-22(16-25(20)15-10-18-6-2-1-3-7-18)11-5-14-26(17-22)21(28)19-8-4-13-23-24-19/h1-4,6-8,13H,5,9-12,14-17H2/t22-/m1/s1. The van der Waals surface area contributed by atoms with Crippen LogP contribution in [0.4, 0.5) is 0 Å². The third-order valence-corrected chi connectivity index (χ3v) is 6.00. The molecule has 2 fully saturated rings. The minimum Gasteiger partial charge on any atom is -0.342 e. The molecule has 2 amide bonds. The molecule has 0 bridgehead atoms. The van der Waals surface area contributed by atoms with Gasteiger partial charge in [0.1, 0.15) is 0 Å². The molecule has 6 nitrogen and oxygen atoms in total. The van der Waals surface area contributed by atoms with Crippen LogP contribution in [-0.4, -0.2) is 58.0 Å². The van der Waals surface area contributed by atoms with Gasteiger partial charge >= 0.3 is 0 Å². The van der Waals surface area contributed by atoms with E-state index in [1.54, 1.807) is 18.3 Å². The van der Waals surface area contributed by atoms with Gasteiger partial charge in [0.2, 0.25) is 5.91 Å². The van der Waals surface area contributed by atoms with Gasteiger partial charge < -0.3 is 9.80 Å². The Morgan fingerprint density at radius 1 is 1.07 bits per heavy atom. The van der Waals surface area contributed by atoms with Crippen molar-refractivity contribution in [2.45, 2.75) is 32.1 Å². The lowest BCUT2D eigenvalue weighted by Gasteiger charge is -2.48. The molecule has 28 heavy (non-hydrogen) atoms. The van der Waals surface area contributed by atoms with Crippen molar-refractivity contribution in [1.82, 2.24) is 20.0 Å². The van der Waals surface area contributed by atoms with Crippen molar-refractivity contribution in [3.63, 3.8) is 0 Å². The van der Waals surface area contributed by atoms with Gasteiger partial charge in [0, 0.05) is 44.2 Å². The predicted octanol–water partition coefficient (Wildman–Crippen LogP) is 2.56. The number of piperidine rings is 2. The number of benzene rings is 1. The molecule has 0 radical (unpaired) electrons. The molecule has 1 aromatic carbocycles. The molecule has 1 atom stereocenters. The first-order valence-electron chi connectivity index (χ1n) is 10.0. The monoisotopic (exact) mass is 378 g/mol. The maximum Gasteiger partial charge on any atom is 0.274 e. The molecule has 0 unspecified atom stereocenters. The van der Waals surface area contributed by atoms with E-state index in [2.05, 4.69) is 22.3 Å². The van der Waals surface area contributed by atoms with Gasteiger partial charge in [-0.3, -0.25) is 9.59 Å². The van der Waals surface area contributed by atoms with E-state index in [9.17, 15) is 9.59 Å². The molecule has 2 aliphatic heterocycles. The Hall–Kier alpha value is -2.76. The van der Waals surface area contributed by atoms with Gasteiger partial charge in [-0.1, -0.05) is 30.3 Å². The molecule has 0 N–H and O–H groups in total. The summed E-state index contributed by atoms with van der Waals surface area (Å²) in [6, 6.07) is 13.7. The number of hydrogen-bond donors (Lipinski definition) is 0. The summed E-state index contributed by atoms with van der Waals surface area (Å²) in [6.45, 7) is 2.91. The van der Waals surface area contributed by atoms with Crippen LogP contribution in [0, 0.1) is 5.41 Å². The fourth-order valence-corrected chi connectivity index (χ4v) is 4.51. The quantitative estimate of drug-likeness (QED) is 0.820. The number of carbonyl (C=O) groups excluding carboxylic acids is 2. The first kappa shape index (κ1) is 18.6. The molecule has 2 aliphatic rings. The van der Waals surface area contributed by atoms with E-state index < -0.39 is 0 Å². The fraction of sp³-hybridized carbons (Fsp3) is 0.455. The fourth-order valence-electron chi connectivity index (χ4n) is 4.51. The zero-order valence-electron chi connectivity index (χ0n) is 16.1. The van der Waals surface area contributed by atoms with Crippen molar-refractivity contribution in [3.05, 3.63) is 59.9 Å². The number of hydrogen-bond acceptors (Lipinski definition) is 4. The largest absolute Gasteiger partial charge is 0.342 e. The van der Waals surface area contributed by atoms with E-state index in [4.69, 9.17) is 0 Å². The van der Waals surface area contributed by atoms with E-state index in [1.807, 2.05) is 28.0 Å². The average molecular weight is 378 g/mol. The minimum absolute atomic E-state index is 0.000711. The normalized spacial score (nSPS) is 22.5. The Morgan fingerprint density at radius 3 is 2.71 bits per heavy atom. The first-order valence-corrected chi connectivity index (χ1v) is 10.0. The van der Waals surface area contributed by atoms with Crippen LogP contribution in [0.5, 0.6) is 0 Å². The second kappa shape index (κ2) is 8.09. The van der Waals surface area contributed by atoms with Gasteiger partial charge in [-0.15, -0.1) is 5.10 Å². The Balaban J connectivity index is 1.43. The average Bonchev–Trinajstić information content (AvgIpc) is 2.75. The van der Waals surface area contributed by atoms with Crippen LogP contribution in [0.3, 0.4) is 0 Å². The summed E-state index contributed by atoms with van der Waals surface area (Å²) in [5.74, 6) is 0.179. The summed E-state index contributed by atoms with van der Waals surface area (Å²) < 4.78 is 0. The molecular formula is C22H26N4O2. The van der Waals surface area contributed by atoms with Crippen molar-refractivity contribution in [2.75, 3.05) is 26.2 Å². The number of nitrogens with zero attached hydrogens (tertiary/aromatic N) is 4. The molecule has 3 heterocycles. The smallest absolute Gasteiger partial charge is 0.274 e. The maximum atomic E-state index is 12.8. The van der Waals surface area contributed by atoms with Crippen LogP contribution in [0.1, 0.15) is 41.7 Å². The third-order valence-electron chi connectivity index (χ3n) is 6.00. The highest BCUT2D eigenvalue weighted by Gasteiger charge is 2.42. The Labute approximate surface area is 165 Å². The molecule has 2 saturated heterocycles. The summed E-state index contributed by atoms with van der Waals surface area (Å²) >= 11 is 0. The molecule has 6 heteroatoms. The summed E-state index contributed by atoms with van der Waals surface area (Å²) in [5.41, 5.74) is 1.64. The molecule has 1 aromatic heterocycles. The van der Waals surface area contributed by atoms with Gasteiger partial charge in [-0.25, -0.2) is 0 Å². The summed E-state index contributed by atoms with van der Waals surface area (Å²) in [7, 11) is 0. The number of carbonyl (C=O) groups is 2. The van der Waals surface area contributed by atoms with E-state index in [1.165, 1.54) is 5.56 Å². The van der Waals surface area contributed by atoms with E-state index in [-0.39, 0.29) is 17.2 Å². The van der Waals surface area contributed by atoms with Crippen molar-refractivity contribution < 1.29 is 9.59 Å². The number of likely N-dealkylation sites (tertiary alicyclic amines) is 2. The maximum absolute atomic E-state index is 12.8. The zero-order chi connectivity index (χ0) is 19.4. The van der Waals surface area contributed by atoms with Crippen LogP contribution in [-0.2, 0) is 11.2 Å². The van der Waals surface area contributed by atoms with Gasteiger partial charge in [-0.2, -0.15) is 5.10 Å². The van der Waals surface area contributed by atoms with Crippen LogP contribution < -0.4 is 0 Å².